The summed E-state index contributed by atoms with van der Waals surface area (Å²) < 4.78 is 25.6. The molecule has 1 aromatic carbocycles. The van der Waals surface area contributed by atoms with E-state index in [1.807, 2.05) is 0 Å². The van der Waals surface area contributed by atoms with Crippen LogP contribution in [0.15, 0.2) is 22.7 Å². The number of carbonyl (C=O) groups is 1. The highest BCUT2D eigenvalue weighted by molar-refractivity contribution is 9.10. The number of sulfonamides is 1. The molecule has 1 aliphatic rings. The van der Waals surface area contributed by atoms with Gasteiger partial charge in [0.2, 0.25) is 10.0 Å². The van der Waals surface area contributed by atoms with Crippen molar-refractivity contribution in [2.75, 3.05) is 16.6 Å². The lowest BCUT2D eigenvalue weighted by atomic mass is 10.1. The molecule has 0 spiro atoms. The van der Waals surface area contributed by atoms with Gasteiger partial charge in [0.05, 0.1) is 5.69 Å². The highest BCUT2D eigenvalue weighted by atomic mass is 79.9. The number of carbonyl (C=O) groups excluding carboxylic acids is 1. The van der Waals surface area contributed by atoms with Crippen molar-refractivity contribution in [3.8, 4) is 0 Å². The number of benzene rings is 1. The van der Waals surface area contributed by atoms with Gasteiger partial charge in [0, 0.05) is 16.6 Å². The van der Waals surface area contributed by atoms with E-state index in [-0.39, 0.29) is 5.78 Å². The van der Waals surface area contributed by atoms with E-state index in [9.17, 15) is 13.2 Å². The van der Waals surface area contributed by atoms with Crippen molar-refractivity contribution in [2.24, 2.45) is 0 Å². The number of hydrogen-bond donors (Lipinski definition) is 0. The van der Waals surface area contributed by atoms with Crippen LogP contribution in [0.4, 0.5) is 5.69 Å². The Labute approximate surface area is 102 Å². The molecule has 1 heterocycles. The number of rotatable bonds is 1. The second kappa shape index (κ2) is 3.85. The molecule has 6 heteroatoms. The standard InChI is InChI=1S/C10H10BrNO3S/c1-2-12-9-4-3-7(11)5-8(9)10(13)6-16(12,14)15/h3-5H,2,6H2,1H3. The first-order chi connectivity index (χ1) is 7.45. The van der Waals surface area contributed by atoms with Crippen LogP contribution in [0, 0.1) is 0 Å². The lowest BCUT2D eigenvalue weighted by molar-refractivity contribution is 0.102. The molecule has 0 radical (unpaired) electrons. The molecule has 1 aliphatic heterocycles. The maximum absolute atomic E-state index is 11.8. The Morgan fingerprint density at radius 1 is 1.44 bits per heavy atom. The van der Waals surface area contributed by atoms with E-state index in [2.05, 4.69) is 15.9 Å². The van der Waals surface area contributed by atoms with Crippen LogP contribution in [0.2, 0.25) is 0 Å². The highest BCUT2D eigenvalue weighted by Crippen LogP contribution is 2.31. The minimum Gasteiger partial charge on any atom is -0.293 e. The van der Waals surface area contributed by atoms with Gasteiger partial charge in [-0.15, -0.1) is 0 Å². The molecule has 0 saturated heterocycles. The molecule has 86 valence electrons. The van der Waals surface area contributed by atoms with Crippen molar-refractivity contribution < 1.29 is 13.2 Å². The topological polar surface area (TPSA) is 54.5 Å². The zero-order chi connectivity index (χ0) is 11.9. The van der Waals surface area contributed by atoms with Gasteiger partial charge in [-0.05, 0) is 25.1 Å². The minimum absolute atomic E-state index is 0.338. The minimum atomic E-state index is -3.48. The van der Waals surface area contributed by atoms with Crippen molar-refractivity contribution in [3.63, 3.8) is 0 Å². The summed E-state index contributed by atoms with van der Waals surface area (Å²) in [6, 6.07) is 5.04. The molecule has 0 bridgehead atoms. The molecule has 16 heavy (non-hydrogen) atoms. The van der Waals surface area contributed by atoms with Gasteiger partial charge in [-0.3, -0.25) is 9.10 Å². The number of hydrogen-bond acceptors (Lipinski definition) is 3. The lowest BCUT2D eigenvalue weighted by Gasteiger charge is -2.28. The van der Waals surface area contributed by atoms with Crippen LogP contribution in [0.5, 0.6) is 0 Å². The third-order valence-corrected chi connectivity index (χ3v) is 4.71. The van der Waals surface area contributed by atoms with E-state index in [1.165, 1.54) is 4.31 Å². The maximum atomic E-state index is 11.8. The number of Topliss-reactive ketones (excluding diaryl/α,β-unsaturated/α-hetero) is 1. The summed E-state index contributed by atoms with van der Waals surface area (Å²) in [7, 11) is -3.48. The molecular weight excluding hydrogens is 294 g/mol. The summed E-state index contributed by atoms with van der Waals surface area (Å²) in [5.41, 5.74) is 0.938. The highest BCUT2D eigenvalue weighted by Gasteiger charge is 2.33. The van der Waals surface area contributed by atoms with E-state index in [1.54, 1.807) is 25.1 Å². The number of fused-ring (bicyclic) bond motifs is 1. The Morgan fingerprint density at radius 3 is 2.75 bits per heavy atom. The fraction of sp³-hybridized carbons (Fsp3) is 0.300. The second-order valence-corrected chi connectivity index (χ2v) is 6.31. The molecule has 0 atom stereocenters. The number of ketones is 1. The van der Waals surface area contributed by atoms with E-state index >= 15 is 0 Å². The average Bonchev–Trinajstić information content (AvgIpc) is 2.18. The third-order valence-electron chi connectivity index (χ3n) is 2.46. The molecule has 1 aromatic rings. The summed E-state index contributed by atoms with van der Waals surface area (Å²) in [4.78, 5) is 11.7. The van der Waals surface area contributed by atoms with Gasteiger partial charge >= 0.3 is 0 Å². The fourth-order valence-corrected chi connectivity index (χ4v) is 3.64. The predicted molar refractivity (Wildman–Crippen MR) is 65.3 cm³/mol. The molecule has 4 nitrogen and oxygen atoms in total. The maximum Gasteiger partial charge on any atom is 0.242 e. The molecule has 2 rings (SSSR count). The Bertz CT molecular complexity index is 553. The van der Waals surface area contributed by atoms with E-state index < -0.39 is 15.8 Å². The molecule has 0 N–H and O–H groups in total. The van der Waals surface area contributed by atoms with E-state index in [4.69, 9.17) is 0 Å². The second-order valence-electron chi connectivity index (χ2n) is 3.51. The van der Waals surface area contributed by atoms with Crippen LogP contribution in [-0.4, -0.2) is 26.5 Å². The summed E-state index contributed by atoms with van der Waals surface area (Å²) in [5.74, 6) is -0.786. The molecule has 0 saturated carbocycles. The Balaban J connectivity index is 2.68. The van der Waals surface area contributed by atoms with Gasteiger partial charge in [0.15, 0.2) is 5.78 Å². The zero-order valence-corrected chi connectivity index (χ0v) is 11.0. The first-order valence-electron chi connectivity index (χ1n) is 4.79. The molecule has 0 amide bonds. The molecule has 0 aromatic heterocycles. The summed E-state index contributed by atoms with van der Waals surface area (Å²) in [6.07, 6.45) is 0. The molecule has 0 fully saturated rings. The summed E-state index contributed by atoms with van der Waals surface area (Å²) in [6.45, 7) is 2.09. The first kappa shape index (κ1) is 11.6. The van der Waals surface area contributed by atoms with Gasteiger partial charge in [0.1, 0.15) is 5.75 Å². The van der Waals surface area contributed by atoms with Crippen molar-refractivity contribution in [1.29, 1.82) is 0 Å². The Morgan fingerprint density at radius 2 is 2.12 bits per heavy atom. The van der Waals surface area contributed by atoms with Crippen molar-refractivity contribution >= 4 is 37.4 Å². The zero-order valence-electron chi connectivity index (χ0n) is 8.60. The number of halogens is 1. The smallest absolute Gasteiger partial charge is 0.242 e. The predicted octanol–water partition coefficient (Wildman–Crippen LogP) is 1.80. The van der Waals surface area contributed by atoms with Crippen molar-refractivity contribution in [3.05, 3.63) is 28.2 Å². The van der Waals surface area contributed by atoms with Crippen molar-refractivity contribution in [1.82, 2.24) is 0 Å². The van der Waals surface area contributed by atoms with Gasteiger partial charge < -0.3 is 0 Å². The average molecular weight is 304 g/mol. The van der Waals surface area contributed by atoms with Crippen LogP contribution in [-0.2, 0) is 10.0 Å². The van der Waals surface area contributed by atoms with Crippen LogP contribution >= 0.6 is 15.9 Å². The van der Waals surface area contributed by atoms with Crippen LogP contribution in [0.1, 0.15) is 17.3 Å². The van der Waals surface area contributed by atoms with Gasteiger partial charge in [-0.1, -0.05) is 15.9 Å². The van der Waals surface area contributed by atoms with Gasteiger partial charge in [-0.2, -0.15) is 0 Å². The largest absolute Gasteiger partial charge is 0.293 e. The van der Waals surface area contributed by atoms with Crippen LogP contribution in [0.3, 0.4) is 0 Å². The van der Waals surface area contributed by atoms with E-state index in [0.29, 0.717) is 17.8 Å². The number of nitrogens with zero attached hydrogens (tertiary/aromatic N) is 1. The van der Waals surface area contributed by atoms with Crippen molar-refractivity contribution in [2.45, 2.75) is 6.92 Å². The lowest BCUT2D eigenvalue weighted by Crippen LogP contribution is -2.40. The summed E-state index contributed by atoms with van der Waals surface area (Å²) >= 11 is 3.27. The SMILES string of the molecule is CCN1c2ccc(Br)cc2C(=O)CS1(=O)=O. The third kappa shape index (κ3) is 1.76. The quantitative estimate of drug-likeness (QED) is 0.795. The normalized spacial score (nSPS) is 18.4. The first-order valence-corrected chi connectivity index (χ1v) is 7.19. The number of anilines is 1. The Hall–Kier alpha value is -0.880. The summed E-state index contributed by atoms with van der Waals surface area (Å²) in [5, 5.41) is 0. The molecule has 0 aliphatic carbocycles. The van der Waals surface area contributed by atoms with Crippen LogP contribution < -0.4 is 4.31 Å². The van der Waals surface area contributed by atoms with Crippen LogP contribution in [0.25, 0.3) is 0 Å². The van der Waals surface area contributed by atoms with E-state index in [0.717, 1.165) is 4.47 Å². The monoisotopic (exact) mass is 303 g/mol. The fourth-order valence-electron chi connectivity index (χ4n) is 1.79. The van der Waals surface area contributed by atoms with Gasteiger partial charge in [-0.25, -0.2) is 8.42 Å². The molecular formula is C10H10BrNO3S. The molecule has 0 unspecified atom stereocenters. The van der Waals surface area contributed by atoms with Gasteiger partial charge in [0.25, 0.3) is 0 Å². The Kier molecular flexibility index (Phi) is 2.79.